The lowest BCUT2D eigenvalue weighted by atomic mass is 10.2. The first kappa shape index (κ1) is 17.0. The summed E-state index contributed by atoms with van der Waals surface area (Å²) in [5.41, 5.74) is 1.30. The summed E-state index contributed by atoms with van der Waals surface area (Å²) >= 11 is 2.18. The highest BCUT2D eigenvalue weighted by Gasteiger charge is 2.09. The third-order valence-corrected chi connectivity index (χ3v) is 3.25. The number of hydrogen-bond acceptors (Lipinski definition) is 4. The first-order valence-electron chi connectivity index (χ1n) is 6.33. The van der Waals surface area contributed by atoms with Gasteiger partial charge in [0.15, 0.2) is 6.29 Å². The molecular weight excluding hydrogens is 371 g/mol. The summed E-state index contributed by atoms with van der Waals surface area (Å²) in [6.45, 7) is 9.76. The maximum atomic E-state index is 11.3. The third-order valence-electron chi connectivity index (χ3n) is 2.41. The molecule has 110 valence electrons. The van der Waals surface area contributed by atoms with Gasteiger partial charge in [-0.25, -0.2) is 4.79 Å². The van der Waals surface area contributed by atoms with E-state index < -0.39 is 0 Å². The molecule has 0 bridgehead atoms. The van der Waals surface area contributed by atoms with E-state index >= 15 is 0 Å². The van der Waals surface area contributed by atoms with Crippen LogP contribution < -0.4 is 4.74 Å². The number of ether oxygens (including phenoxy) is 3. The molecule has 1 aromatic rings. The van der Waals surface area contributed by atoms with Gasteiger partial charge in [0.2, 0.25) is 0 Å². The molecule has 0 amide bonds. The Labute approximate surface area is 133 Å². The zero-order valence-electron chi connectivity index (χ0n) is 11.9. The molecular formula is C15H19IO4. The van der Waals surface area contributed by atoms with Crippen LogP contribution in [-0.2, 0) is 20.9 Å². The highest BCUT2D eigenvalue weighted by Crippen LogP contribution is 2.24. The normalized spacial score (nSPS) is 11.8. The number of benzene rings is 1. The van der Waals surface area contributed by atoms with Gasteiger partial charge in [0.25, 0.3) is 0 Å². The van der Waals surface area contributed by atoms with Gasteiger partial charge in [-0.3, -0.25) is 0 Å². The van der Waals surface area contributed by atoms with E-state index in [2.05, 4.69) is 29.2 Å². The zero-order valence-corrected chi connectivity index (χ0v) is 14.1. The molecule has 0 aromatic heterocycles. The Kier molecular flexibility index (Phi) is 7.01. The second-order valence-electron chi connectivity index (χ2n) is 4.26. The van der Waals surface area contributed by atoms with Crippen molar-refractivity contribution < 1.29 is 19.0 Å². The van der Waals surface area contributed by atoms with E-state index in [9.17, 15) is 4.79 Å². The largest absolute Gasteiger partial charge is 0.464 e. The van der Waals surface area contributed by atoms with Crippen molar-refractivity contribution in [3.8, 4) is 5.75 Å². The molecule has 20 heavy (non-hydrogen) atoms. The average Bonchev–Trinajstić information content (AvgIpc) is 2.39. The van der Waals surface area contributed by atoms with Gasteiger partial charge < -0.3 is 14.2 Å². The fraction of sp³-hybridized carbons (Fsp3) is 0.400. The van der Waals surface area contributed by atoms with Crippen LogP contribution in [0.4, 0.5) is 0 Å². The van der Waals surface area contributed by atoms with Gasteiger partial charge in [-0.1, -0.05) is 12.6 Å². The quantitative estimate of drug-likeness (QED) is 0.309. The molecule has 0 radical (unpaired) electrons. The Morgan fingerprint density at radius 3 is 2.70 bits per heavy atom. The molecule has 1 unspecified atom stereocenters. The van der Waals surface area contributed by atoms with Crippen LogP contribution in [0.15, 0.2) is 30.4 Å². The smallest absolute Gasteiger partial charge is 0.333 e. The first-order chi connectivity index (χ1) is 9.43. The summed E-state index contributed by atoms with van der Waals surface area (Å²) in [6, 6.07) is 5.63. The van der Waals surface area contributed by atoms with Crippen LogP contribution in [0.1, 0.15) is 26.3 Å². The molecule has 1 aromatic carbocycles. The average molecular weight is 390 g/mol. The van der Waals surface area contributed by atoms with Crippen molar-refractivity contribution in [1.29, 1.82) is 0 Å². The number of hydrogen-bond donors (Lipinski definition) is 0. The van der Waals surface area contributed by atoms with Crippen LogP contribution in [0.25, 0.3) is 0 Å². The molecule has 0 saturated heterocycles. The highest BCUT2D eigenvalue weighted by molar-refractivity contribution is 14.1. The van der Waals surface area contributed by atoms with Crippen LogP contribution in [0.3, 0.4) is 0 Å². The van der Waals surface area contributed by atoms with E-state index in [0.717, 1.165) is 14.9 Å². The third kappa shape index (κ3) is 5.50. The van der Waals surface area contributed by atoms with E-state index in [1.807, 2.05) is 32.0 Å². The van der Waals surface area contributed by atoms with Crippen LogP contribution >= 0.6 is 22.6 Å². The van der Waals surface area contributed by atoms with Gasteiger partial charge in [-0.05, 0) is 61.1 Å². The Hall–Kier alpha value is -1.08. The Morgan fingerprint density at radius 1 is 1.45 bits per heavy atom. The summed E-state index contributed by atoms with van der Waals surface area (Å²) in [5.74, 6) is 0.367. The number of carbonyl (C=O) groups excluding carboxylic acids is 1. The van der Waals surface area contributed by atoms with Gasteiger partial charge in [0, 0.05) is 12.2 Å². The SMILES string of the molecule is C=C(C)C(=O)OCc1ccc(OC(C)OCC)c(I)c1. The fourth-order valence-electron chi connectivity index (χ4n) is 1.45. The van der Waals surface area contributed by atoms with E-state index in [1.165, 1.54) is 0 Å². The van der Waals surface area contributed by atoms with Crippen molar-refractivity contribution in [1.82, 2.24) is 0 Å². The molecule has 1 atom stereocenters. The molecule has 0 spiro atoms. The Morgan fingerprint density at radius 2 is 2.15 bits per heavy atom. The molecule has 1 rings (SSSR count). The molecule has 0 N–H and O–H groups in total. The number of carbonyl (C=O) groups is 1. The van der Waals surface area contributed by atoms with Gasteiger partial charge in [0.1, 0.15) is 12.4 Å². The Balaban J connectivity index is 2.63. The van der Waals surface area contributed by atoms with Gasteiger partial charge in [0.05, 0.1) is 3.57 Å². The van der Waals surface area contributed by atoms with E-state index in [4.69, 9.17) is 14.2 Å². The van der Waals surface area contributed by atoms with Gasteiger partial charge in [-0.2, -0.15) is 0 Å². The lowest BCUT2D eigenvalue weighted by Gasteiger charge is -2.16. The molecule has 0 aliphatic carbocycles. The minimum Gasteiger partial charge on any atom is -0.464 e. The predicted octanol–water partition coefficient (Wildman–Crippen LogP) is 3.67. The monoisotopic (exact) mass is 390 g/mol. The molecule has 0 saturated carbocycles. The van der Waals surface area contributed by atoms with Gasteiger partial charge >= 0.3 is 5.97 Å². The predicted molar refractivity (Wildman–Crippen MR) is 85.5 cm³/mol. The molecule has 0 heterocycles. The maximum absolute atomic E-state index is 11.3. The molecule has 0 aliphatic heterocycles. The van der Waals surface area contributed by atoms with Crippen LogP contribution in [0.2, 0.25) is 0 Å². The van der Waals surface area contributed by atoms with Crippen LogP contribution in [-0.4, -0.2) is 18.9 Å². The van der Waals surface area contributed by atoms with Crippen molar-refractivity contribution in [2.45, 2.75) is 33.7 Å². The van der Waals surface area contributed by atoms with Crippen LogP contribution in [0.5, 0.6) is 5.75 Å². The second kappa shape index (κ2) is 8.26. The van der Waals surface area contributed by atoms with Crippen LogP contribution in [0, 0.1) is 3.57 Å². The number of halogens is 1. The summed E-state index contributed by atoms with van der Waals surface area (Å²) in [7, 11) is 0. The lowest BCUT2D eigenvalue weighted by Crippen LogP contribution is -2.16. The van der Waals surface area contributed by atoms with Crippen molar-refractivity contribution >= 4 is 28.6 Å². The maximum Gasteiger partial charge on any atom is 0.333 e. The van der Waals surface area contributed by atoms with Crippen molar-refractivity contribution in [3.63, 3.8) is 0 Å². The molecule has 0 aliphatic rings. The summed E-state index contributed by atoms with van der Waals surface area (Å²) < 4.78 is 17.0. The number of rotatable bonds is 7. The fourth-order valence-corrected chi connectivity index (χ4v) is 2.16. The summed E-state index contributed by atoms with van der Waals surface area (Å²) in [6.07, 6.45) is -0.291. The minimum atomic E-state index is -0.384. The lowest BCUT2D eigenvalue weighted by molar-refractivity contribution is -0.140. The first-order valence-corrected chi connectivity index (χ1v) is 7.41. The second-order valence-corrected chi connectivity index (χ2v) is 5.42. The summed E-state index contributed by atoms with van der Waals surface area (Å²) in [4.78, 5) is 11.3. The van der Waals surface area contributed by atoms with E-state index in [0.29, 0.717) is 12.2 Å². The molecule has 5 heteroatoms. The number of esters is 1. The molecule has 4 nitrogen and oxygen atoms in total. The van der Waals surface area contributed by atoms with Crippen molar-refractivity contribution in [3.05, 3.63) is 39.5 Å². The van der Waals surface area contributed by atoms with E-state index in [-0.39, 0.29) is 18.9 Å². The summed E-state index contributed by atoms with van der Waals surface area (Å²) in [5, 5.41) is 0. The standard InChI is InChI=1S/C15H19IO4/c1-5-18-11(4)20-14-7-6-12(8-13(14)16)9-19-15(17)10(2)3/h6-8,11H,2,5,9H2,1,3-4H3. The van der Waals surface area contributed by atoms with Crippen molar-refractivity contribution in [2.24, 2.45) is 0 Å². The molecule has 0 fully saturated rings. The topological polar surface area (TPSA) is 44.8 Å². The van der Waals surface area contributed by atoms with E-state index in [1.54, 1.807) is 6.92 Å². The Bertz CT molecular complexity index is 485. The van der Waals surface area contributed by atoms with Gasteiger partial charge in [-0.15, -0.1) is 0 Å². The highest BCUT2D eigenvalue weighted by atomic mass is 127. The zero-order chi connectivity index (χ0) is 15.1. The minimum absolute atomic E-state index is 0.225. The van der Waals surface area contributed by atoms with Crippen molar-refractivity contribution in [2.75, 3.05) is 6.61 Å².